The fourth-order valence-corrected chi connectivity index (χ4v) is 1.76. The highest BCUT2D eigenvalue weighted by Gasteiger charge is 2.25. The molecule has 0 radical (unpaired) electrons. The summed E-state index contributed by atoms with van der Waals surface area (Å²) in [6.07, 6.45) is 0.540. The Morgan fingerprint density at radius 3 is 2.06 bits per heavy atom. The molecule has 5 nitrogen and oxygen atoms in total. The fraction of sp³-hybridized carbons (Fsp3) is 1.00. The summed E-state index contributed by atoms with van der Waals surface area (Å²) >= 11 is 0. The summed E-state index contributed by atoms with van der Waals surface area (Å²) in [5, 5.41) is 3.16. The Morgan fingerprint density at radius 2 is 1.62 bits per heavy atom. The van der Waals surface area contributed by atoms with Crippen LogP contribution >= 0.6 is 0 Å². The van der Waals surface area contributed by atoms with Gasteiger partial charge in [0.05, 0.1) is 39.1 Å². The van der Waals surface area contributed by atoms with Gasteiger partial charge in [0.25, 0.3) is 0 Å². The van der Waals surface area contributed by atoms with Crippen molar-refractivity contribution < 1.29 is 14.2 Å². The Hall–Kier alpha value is -0.200. The van der Waals surface area contributed by atoms with Gasteiger partial charge in [-0.15, -0.1) is 0 Å². The number of hydrogen-bond acceptors (Lipinski definition) is 5. The molecule has 3 rings (SSSR count). The molecule has 0 aliphatic carbocycles. The van der Waals surface area contributed by atoms with Crippen LogP contribution in [-0.2, 0) is 14.2 Å². The van der Waals surface area contributed by atoms with Crippen molar-refractivity contribution in [1.29, 1.82) is 0 Å². The van der Waals surface area contributed by atoms with Crippen LogP contribution in [0, 0.1) is 0 Å². The lowest BCUT2D eigenvalue weighted by molar-refractivity contribution is 0.0349. The maximum atomic E-state index is 5.22. The van der Waals surface area contributed by atoms with Crippen molar-refractivity contribution in [1.82, 2.24) is 10.2 Å². The first kappa shape index (κ1) is 12.3. The van der Waals surface area contributed by atoms with Crippen LogP contribution in [0.3, 0.4) is 0 Å². The first-order valence-corrected chi connectivity index (χ1v) is 6.15. The lowest BCUT2D eigenvalue weighted by atomic mass is 10.3. The minimum atomic E-state index is 0.540. The Morgan fingerprint density at radius 1 is 1.00 bits per heavy atom. The summed E-state index contributed by atoms with van der Waals surface area (Å²) in [6.45, 7) is 9.87. The summed E-state index contributed by atoms with van der Waals surface area (Å²) < 4.78 is 15.4. The zero-order chi connectivity index (χ0) is 11.1. The van der Waals surface area contributed by atoms with E-state index in [1.165, 1.54) is 0 Å². The molecule has 16 heavy (non-hydrogen) atoms. The van der Waals surface area contributed by atoms with Crippen LogP contribution in [0.1, 0.15) is 0 Å². The molecule has 1 N–H and O–H groups in total. The number of epoxide rings is 1. The molecule has 3 saturated heterocycles. The SMILES string of the molecule is C1CN(CC2CO2)CCO1.C1COCCN1. The maximum absolute atomic E-state index is 5.22. The number of ether oxygens (including phenoxy) is 3. The van der Waals surface area contributed by atoms with E-state index in [4.69, 9.17) is 14.2 Å². The van der Waals surface area contributed by atoms with Gasteiger partial charge in [0, 0.05) is 32.7 Å². The van der Waals surface area contributed by atoms with Crippen molar-refractivity contribution >= 4 is 0 Å². The van der Waals surface area contributed by atoms with E-state index in [9.17, 15) is 0 Å². The van der Waals surface area contributed by atoms with E-state index in [0.29, 0.717) is 6.10 Å². The zero-order valence-corrected chi connectivity index (χ0v) is 9.82. The van der Waals surface area contributed by atoms with Gasteiger partial charge in [-0.05, 0) is 0 Å². The molecule has 5 heteroatoms. The van der Waals surface area contributed by atoms with Gasteiger partial charge in [-0.2, -0.15) is 0 Å². The van der Waals surface area contributed by atoms with Crippen LogP contribution < -0.4 is 5.32 Å². The molecule has 3 aliphatic rings. The molecule has 0 bridgehead atoms. The molecule has 1 atom stereocenters. The predicted molar refractivity (Wildman–Crippen MR) is 60.7 cm³/mol. The second-order valence-electron chi connectivity index (χ2n) is 4.23. The molecule has 0 amide bonds. The predicted octanol–water partition coefficient (Wildman–Crippen LogP) is -0.676. The second kappa shape index (κ2) is 7.19. The summed E-state index contributed by atoms with van der Waals surface area (Å²) in [6, 6.07) is 0. The third-order valence-electron chi connectivity index (χ3n) is 2.81. The van der Waals surface area contributed by atoms with E-state index in [2.05, 4.69) is 10.2 Å². The molecule has 0 aromatic heterocycles. The third kappa shape index (κ3) is 5.23. The Kier molecular flexibility index (Phi) is 5.51. The molecule has 0 spiro atoms. The summed E-state index contributed by atoms with van der Waals surface area (Å²) in [5.41, 5.74) is 0. The Labute approximate surface area is 97.0 Å². The average Bonchev–Trinajstić information content (AvgIpc) is 3.17. The van der Waals surface area contributed by atoms with Gasteiger partial charge in [-0.25, -0.2) is 0 Å². The van der Waals surface area contributed by atoms with Crippen LogP contribution in [-0.4, -0.2) is 76.8 Å². The van der Waals surface area contributed by atoms with Crippen LogP contribution in [0.5, 0.6) is 0 Å². The third-order valence-corrected chi connectivity index (χ3v) is 2.81. The highest BCUT2D eigenvalue weighted by molar-refractivity contribution is 4.75. The van der Waals surface area contributed by atoms with Crippen LogP contribution in [0.2, 0.25) is 0 Å². The summed E-state index contributed by atoms with van der Waals surface area (Å²) in [7, 11) is 0. The van der Waals surface area contributed by atoms with Crippen LogP contribution in [0.25, 0.3) is 0 Å². The minimum Gasteiger partial charge on any atom is -0.379 e. The molecular weight excluding hydrogens is 208 g/mol. The number of morpholine rings is 2. The van der Waals surface area contributed by atoms with Gasteiger partial charge < -0.3 is 19.5 Å². The van der Waals surface area contributed by atoms with Crippen molar-refractivity contribution in [2.24, 2.45) is 0 Å². The van der Waals surface area contributed by atoms with Gasteiger partial charge in [0.2, 0.25) is 0 Å². The van der Waals surface area contributed by atoms with Gasteiger partial charge in [0.15, 0.2) is 0 Å². The molecule has 94 valence electrons. The van der Waals surface area contributed by atoms with Gasteiger partial charge in [0.1, 0.15) is 0 Å². The van der Waals surface area contributed by atoms with Crippen molar-refractivity contribution in [3.8, 4) is 0 Å². The van der Waals surface area contributed by atoms with E-state index < -0.39 is 0 Å². The first-order chi connectivity index (χ1) is 7.95. The monoisotopic (exact) mass is 230 g/mol. The second-order valence-corrected chi connectivity index (χ2v) is 4.23. The molecular formula is C11H22N2O3. The largest absolute Gasteiger partial charge is 0.379 e. The molecule has 1 unspecified atom stereocenters. The molecule has 3 heterocycles. The van der Waals surface area contributed by atoms with Crippen molar-refractivity contribution in [3.05, 3.63) is 0 Å². The molecule has 0 aromatic rings. The lowest BCUT2D eigenvalue weighted by Gasteiger charge is -2.25. The van der Waals surface area contributed by atoms with E-state index in [1.807, 2.05) is 0 Å². The Bertz CT molecular complexity index is 167. The smallest absolute Gasteiger partial charge is 0.0936 e. The average molecular weight is 230 g/mol. The fourth-order valence-electron chi connectivity index (χ4n) is 1.76. The number of hydrogen-bond donors (Lipinski definition) is 1. The highest BCUT2D eigenvalue weighted by Crippen LogP contribution is 2.11. The molecule has 3 fully saturated rings. The molecule has 0 saturated carbocycles. The standard InChI is InChI=1S/C7H13NO2.C4H9NO/c1-3-9-4-2-8(1)5-7-6-10-7;1-3-6-4-2-5-1/h7H,1-6H2;5H,1-4H2. The van der Waals surface area contributed by atoms with E-state index in [1.54, 1.807) is 0 Å². The summed E-state index contributed by atoms with van der Waals surface area (Å²) in [5.74, 6) is 0. The quantitative estimate of drug-likeness (QED) is 0.637. The number of rotatable bonds is 2. The van der Waals surface area contributed by atoms with Crippen LogP contribution in [0.4, 0.5) is 0 Å². The van der Waals surface area contributed by atoms with Gasteiger partial charge >= 0.3 is 0 Å². The zero-order valence-electron chi connectivity index (χ0n) is 9.82. The summed E-state index contributed by atoms with van der Waals surface area (Å²) in [4.78, 5) is 2.40. The minimum absolute atomic E-state index is 0.540. The van der Waals surface area contributed by atoms with E-state index >= 15 is 0 Å². The van der Waals surface area contributed by atoms with Gasteiger partial charge in [-0.1, -0.05) is 0 Å². The lowest BCUT2D eigenvalue weighted by Crippen LogP contribution is -2.38. The van der Waals surface area contributed by atoms with Crippen LogP contribution in [0.15, 0.2) is 0 Å². The Balaban J connectivity index is 0.000000138. The normalized spacial score (nSPS) is 30.4. The number of nitrogens with one attached hydrogen (secondary N) is 1. The molecule has 3 aliphatic heterocycles. The van der Waals surface area contributed by atoms with Crippen molar-refractivity contribution in [3.63, 3.8) is 0 Å². The van der Waals surface area contributed by atoms with E-state index in [-0.39, 0.29) is 0 Å². The van der Waals surface area contributed by atoms with E-state index in [0.717, 1.165) is 65.8 Å². The maximum Gasteiger partial charge on any atom is 0.0936 e. The number of nitrogens with zero attached hydrogens (tertiary/aromatic N) is 1. The molecule has 0 aromatic carbocycles. The van der Waals surface area contributed by atoms with Crippen molar-refractivity contribution in [2.75, 3.05) is 65.8 Å². The van der Waals surface area contributed by atoms with Crippen molar-refractivity contribution in [2.45, 2.75) is 6.10 Å². The highest BCUT2D eigenvalue weighted by atomic mass is 16.6. The topological polar surface area (TPSA) is 46.3 Å². The van der Waals surface area contributed by atoms with Gasteiger partial charge in [-0.3, -0.25) is 4.90 Å². The first-order valence-electron chi connectivity index (χ1n) is 6.15.